The number of rotatable bonds is 5. The lowest BCUT2D eigenvalue weighted by Gasteiger charge is -2.31. The third-order valence-electron chi connectivity index (χ3n) is 4.81. The Labute approximate surface area is 167 Å². The molecule has 1 saturated heterocycles. The number of oxazole rings is 1. The Morgan fingerprint density at radius 1 is 1.30 bits per heavy atom. The quantitative estimate of drug-likeness (QED) is 0.616. The van der Waals surface area contributed by atoms with Gasteiger partial charge in [-0.05, 0) is 37.1 Å². The molecule has 0 aliphatic carbocycles. The second-order valence-corrected chi connectivity index (χ2v) is 8.04. The van der Waals surface area contributed by atoms with Crippen LogP contribution in [0.3, 0.4) is 0 Å². The maximum atomic E-state index is 12.6. The van der Waals surface area contributed by atoms with E-state index in [1.165, 1.54) is 0 Å². The molecule has 1 unspecified atom stereocenters. The fourth-order valence-electron chi connectivity index (χ4n) is 3.39. The van der Waals surface area contributed by atoms with Crippen LogP contribution >= 0.6 is 22.9 Å². The van der Waals surface area contributed by atoms with Crippen molar-refractivity contribution < 1.29 is 9.21 Å². The highest BCUT2D eigenvalue weighted by Crippen LogP contribution is 2.29. The number of aryl methyl sites for hydroxylation is 1. The minimum Gasteiger partial charge on any atom is -0.441 e. The number of likely N-dealkylation sites (tertiary alicyclic amines) is 1. The van der Waals surface area contributed by atoms with Gasteiger partial charge >= 0.3 is 0 Å². The highest BCUT2D eigenvalue weighted by atomic mass is 35.5. The van der Waals surface area contributed by atoms with Crippen LogP contribution in [0.5, 0.6) is 0 Å². The predicted octanol–water partition coefficient (Wildman–Crippen LogP) is 4.79. The predicted molar refractivity (Wildman–Crippen MR) is 106 cm³/mol. The van der Waals surface area contributed by atoms with E-state index in [0.29, 0.717) is 35.4 Å². The molecular weight excluding hydrogens is 382 g/mol. The summed E-state index contributed by atoms with van der Waals surface area (Å²) < 4.78 is 5.79. The average Bonchev–Trinajstić information content (AvgIpc) is 3.39. The molecule has 7 heteroatoms. The van der Waals surface area contributed by atoms with Crippen LogP contribution < -0.4 is 0 Å². The number of piperidine rings is 1. The summed E-state index contributed by atoms with van der Waals surface area (Å²) >= 11 is 7.59. The molecule has 0 radical (unpaired) electrons. The van der Waals surface area contributed by atoms with E-state index < -0.39 is 0 Å². The van der Waals surface area contributed by atoms with E-state index in [9.17, 15) is 4.79 Å². The first-order valence-electron chi connectivity index (χ1n) is 9.07. The Morgan fingerprint density at radius 2 is 2.15 bits per heavy atom. The molecule has 1 aromatic carbocycles. The van der Waals surface area contributed by atoms with Gasteiger partial charge in [-0.2, -0.15) is 0 Å². The summed E-state index contributed by atoms with van der Waals surface area (Å²) in [6, 6.07) is 7.42. The lowest BCUT2D eigenvalue weighted by molar-refractivity contribution is -0.132. The van der Waals surface area contributed by atoms with E-state index >= 15 is 0 Å². The first kappa shape index (κ1) is 18.2. The highest BCUT2D eigenvalue weighted by Gasteiger charge is 2.26. The van der Waals surface area contributed by atoms with E-state index in [-0.39, 0.29) is 5.91 Å². The van der Waals surface area contributed by atoms with E-state index in [1.54, 1.807) is 17.5 Å². The first-order chi connectivity index (χ1) is 13.2. The minimum absolute atomic E-state index is 0.155. The SMILES string of the molecule is O=C(CCc1ncc(-c2ccc(Cl)cc2)o1)N1CCCC(c2nccs2)C1. The molecule has 1 fully saturated rings. The fraction of sp³-hybridized carbons (Fsp3) is 0.350. The van der Waals surface area contributed by atoms with Gasteiger partial charge in [0.25, 0.3) is 0 Å². The van der Waals surface area contributed by atoms with Gasteiger partial charge in [0.05, 0.1) is 11.2 Å². The van der Waals surface area contributed by atoms with Gasteiger partial charge in [0.2, 0.25) is 5.91 Å². The van der Waals surface area contributed by atoms with Crippen molar-refractivity contribution in [2.45, 2.75) is 31.6 Å². The Bertz CT molecular complexity index is 892. The molecule has 0 N–H and O–H groups in total. The summed E-state index contributed by atoms with van der Waals surface area (Å²) in [5, 5.41) is 3.81. The number of benzene rings is 1. The van der Waals surface area contributed by atoms with Crippen molar-refractivity contribution in [1.29, 1.82) is 0 Å². The van der Waals surface area contributed by atoms with Crippen molar-refractivity contribution in [2.24, 2.45) is 0 Å². The molecule has 1 aliphatic rings. The molecule has 1 amide bonds. The zero-order valence-electron chi connectivity index (χ0n) is 14.8. The molecule has 2 aromatic heterocycles. The number of hydrogen-bond acceptors (Lipinski definition) is 5. The standard InChI is InChI=1S/C20H20ClN3O2S/c21-16-5-3-14(4-6-16)17-12-23-18(26-17)7-8-19(25)24-10-1-2-15(13-24)20-22-9-11-27-20/h3-6,9,11-12,15H,1-2,7-8,10,13H2. The van der Waals surface area contributed by atoms with Crippen LogP contribution in [0.25, 0.3) is 11.3 Å². The van der Waals surface area contributed by atoms with Crippen molar-refractivity contribution in [3.8, 4) is 11.3 Å². The zero-order chi connectivity index (χ0) is 18.6. The second kappa shape index (κ2) is 8.23. The Balaban J connectivity index is 1.33. The van der Waals surface area contributed by atoms with Gasteiger partial charge in [-0.3, -0.25) is 4.79 Å². The summed E-state index contributed by atoms with van der Waals surface area (Å²) in [5.74, 6) is 1.79. The molecule has 1 aliphatic heterocycles. The van der Waals surface area contributed by atoms with Crippen LogP contribution in [0, 0.1) is 0 Å². The van der Waals surface area contributed by atoms with Crippen molar-refractivity contribution in [3.05, 3.63) is 58.0 Å². The van der Waals surface area contributed by atoms with E-state index in [0.717, 1.165) is 36.5 Å². The van der Waals surface area contributed by atoms with E-state index in [4.69, 9.17) is 16.0 Å². The fourth-order valence-corrected chi connectivity index (χ4v) is 4.28. The molecule has 3 heterocycles. The second-order valence-electron chi connectivity index (χ2n) is 6.67. The zero-order valence-corrected chi connectivity index (χ0v) is 16.4. The summed E-state index contributed by atoms with van der Waals surface area (Å²) in [5.41, 5.74) is 0.923. The molecule has 4 rings (SSSR count). The lowest BCUT2D eigenvalue weighted by Crippen LogP contribution is -2.39. The smallest absolute Gasteiger partial charge is 0.223 e. The highest BCUT2D eigenvalue weighted by molar-refractivity contribution is 7.09. The van der Waals surface area contributed by atoms with E-state index in [1.807, 2.05) is 40.7 Å². The summed E-state index contributed by atoms with van der Waals surface area (Å²) in [7, 11) is 0. The summed E-state index contributed by atoms with van der Waals surface area (Å²) in [4.78, 5) is 23.3. The lowest BCUT2D eigenvalue weighted by atomic mass is 9.98. The van der Waals surface area contributed by atoms with E-state index in [2.05, 4.69) is 9.97 Å². The Morgan fingerprint density at radius 3 is 2.93 bits per heavy atom. The number of hydrogen-bond donors (Lipinski definition) is 0. The Kier molecular flexibility index (Phi) is 5.55. The van der Waals surface area contributed by atoms with Gasteiger partial charge in [0.15, 0.2) is 11.7 Å². The maximum absolute atomic E-state index is 12.6. The van der Waals surface area contributed by atoms with Crippen LogP contribution in [-0.2, 0) is 11.2 Å². The monoisotopic (exact) mass is 401 g/mol. The van der Waals surface area contributed by atoms with Crippen molar-refractivity contribution in [2.75, 3.05) is 13.1 Å². The van der Waals surface area contributed by atoms with Gasteiger partial charge < -0.3 is 9.32 Å². The number of halogens is 1. The van der Waals surface area contributed by atoms with Crippen molar-refractivity contribution in [3.63, 3.8) is 0 Å². The average molecular weight is 402 g/mol. The van der Waals surface area contributed by atoms with Crippen molar-refractivity contribution >= 4 is 28.8 Å². The van der Waals surface area contributed by atoms with Gasteiger partial charge in [0, 0.05) is 54.0 Å². The molecule has 5 nitrogen and oxygen atoms in total. The number of nitrogens with zero attached hydrogens (tertiary/aromatic N) is 3. The molecule has 140 valence electrons. The van der Waals surface area contributed by atoms with Crippen LogP contribution in [0.15, 0.2) is 46.5 Å². The van der Waals surface area contributed by atoms with Crippen LogP contribution in [-0.4, -0.2) is 33.9 Å². The Hall–Kier alpha value is -2.18. The number of carbonyl (C=O) groups excluding carboxylic acids is 1. The van der Waals surface area contributed by atoms with Gasteiger partial charge in [0.1, 0.15) is 0 Å². The number of thiazole rings is 1. The minimum atomic E-state index is 0.155. The number of aromatic nitrogens is 2. The first-order valence-corrected chi connectivity index (χ1v) is 10.3. The van der Waals surface area contributed by atoms with Crippen LogP contribution in [0.2, 0.25) is 5.02 Å². The van der Waals surface area contributed by atoms with Gasteiger partial charge in [-0.25, -0.2) is 9.97 Å². The molecular formula is C20H20ClN3O2S. The number of amides is 1. The third kappa shape index (κ3) is 4.39. The molecule has 0 saturated carbocycles. The van der Waals surface area contributed by atoms with Gasteiger partial charge in [-0.1, -0.05) is 11.6 Å². The molecule has 27 heavy (non-hydrogen) atoms. The molecule has 0 bridgehead atoms. The topological polar surface area (TPSA) is 59.2 Å². The van der Waals surface area contributed by atoms with Crippen LogP contribution in [0.4, 0.5) is 0 Å². The molecule has 1 atom stereocenters. The molecule has 3 aromatic rings. The number of carbonyl (C=O) groups is 1. The van der Waals surface area contributed by atoms with Crippen molar-refractivity contribution in [1.82, 2.24) is 14.9 Å². The summed E-state index contributed by atoms with van der Waals surface area (Å²) in [6.07, 6.45) is 6.57. The maximum Gasteiger partial charge on any atom is 0.223 e. The van der Waals surface area contributed by atoms with Gasteiger partial charge in [-0.15, -0.1) is 11.3 Å². The van der Waals surface area contributed by atoms with Crippen LogP contribution in [0.1, 0.15) is 36.1 Å². The summed E-state index contributed by atoms with van der Waals surface area (Å²) in [6.45, 7) is 1.58. The molecule has 0 spiro atoms. The third-order valence-corrected chi connectivity index (χ3v) is 6.00. The largest absolute Gasteiger partial charge is 0.441 e. The normalized spacial score (nSPS) is 17.2.